The van der Waals surface area contributed by atoms with Gasteiger partial charge in [0.2, 0.25) is 0 Å². The summed E-state index contributed by atoms with van der Waals surface area (Å²) in [4.78, 5) is 0. The largest absolute Gasteiger partial charge is 0.306 e. The van der Waals surface area contributed by atoms with Crippen molar-refractivity contribution in [3.05, 3.63) is 68.5 Å². The molecule has 3 heteroatoms. The summed E-state index contributed by atoms with van der Waals surface area (Å²) >= 11 is 2.21. The van der Waals surface area contributed by atoms with Gasteiger partial charge in [-0.3, -0.25) is 0 Å². The van der Waals surface area contributed by atoms with E-state index >= 15 is 0 Å². The maximum Gasteiger partial charge on any atom is 0.124 e. The third kappa shape index (κ3) is 4.04. The summed E-state index contributed by atoms with van der Waals surface area (Å²) in [5.74, 6) is 0.344. The van der Waals surface area contributed by atoms with Crippen LogP contribution in [0.5, 0.6) is 0 Å². The Hall–Kier alpha value is -0.940. The number of rotatable bonds is 5. The van der Waals surface area contributed by atoms with Crippen LogP contribution in [-0.4, -0.2) is 6.54 Å². The van der Waals surface area contributed by atoms with E-state index in [4.69, 9.17) is 0 Å². The second kappa shape index (κ2) is 7.36. The van der Waals surface area contributed by atoms with E-state index in [-0.39, 0.29) is 11.9 Å². The summed E-state index contributed by atoms with van der Waals surface area (Å²) in [6.45, 7) is 7.34. The molecule has 1 N–H and O–H groups in total. The molecule has 0 fully saturated rings. The van der Waals surface area contributed by atoms with Crippen LogP contribution in [0.1, 0.15) is 49.4 Å². The van der Waals surface area contributed by atoms with E-state index in [0.717, 1.165) is 15.7 Å². The summed E-state index contributed by atoms with van der Waals surface area (Å²) in [6, 6.07) is 13.8. The Morgan fingerprint density at radius 3 is 2.19 bits per heavy atom. The topological polar surface area (TPSA) is 12.0 Å². The van der Waals surface area contributed by atoms with E-state index in [1.807, 2.05) is 6.07 Å². The molecular weight excluding hydrogens is 376 g/mol. The molecule has 112 valence electrons. The van der Waals surface area contributed by atoms with Crippen LogP contribution in [0.3, 0.4) is 0 Å². The summed E-state index contributed by atoms with van der Waals surface area (Å²) in [6.07, 6.45) is 0. The predicted octanol–water partition coefficient (Wildman–Crippen LogP) is 5.25. The first kappa shape index (κ1) is 16.4. The Kier molecular flexibility index (Phi) is 5.76. The van der Waals surface area contributed by atoms with Crippen molar-refractivity contribution in [3.8, 4) is 0 Å². The highest BCUT2D eigenvalue weighted by molar-refractivity contribution is 14.1. The molecule has 0 saturated carbocycles. The van der Waals surface area contributed by atoms with Crippen LogP contribution in [0.2, 0.25) is 0 Å². The number of hydrogen-bond donors (Lipinski definition) is 1. The Labute approximate surface area is 140 Å². The quantitative estimate of drug-likeness (QED) is 0.680. The minimum absolute atomic E-state index is 0.101. The van der Waals surface area contributed by atoms with Crippen LogP contribution in [-0.2, 0) is 0 Å². The van der Waals surface area contributed by atoms with Gasteiger partial charge in [0.25, 0.3) is 0 Å². The van der Waals surface area contributed by atoms with E-state index in [2.05, 4.69) is 72.9 Å². The molecule has 2 aromatic carbocycles. The lowest BCUT2D eigenvalue weighted by atomic mass is 9.95. The number of hydrogen-bond acceptors (Lipinski definition) is 1. The minimum atomic E-state index is -0.187. The van der Waals surface area contributed by atoms with E-state index in [0.29, 0.717) is 5.92 Å². The van der Waals surface area contributed by atoms with Gasteiger partial charge in [0.1, 0.15) is 5.82 Å². The molecule has 0 spiro atoms. The third-order valence-corrected chi connectivity index (χ3v) is 4.55. The second-order valence-corrected chi connectivity index (χ2v) is 6.64. The molecular formula is C18H21FIN. The lowest BCUT2D eigenvalue weighted by Gasteiger charge is -2.21. The average molecular weight is 397 g/mol. The van der Waals surface area contributed by atoms with E-state index in [9.17, 15) is 4.39 Å². The molecule has 0 aromatic heterocycles. The lowest BCUT2D eigenvalue weighted by Crippen LogP contribution is -2.23. The molecule has 0 amide bonds. The Morgan fingerprint density at radius 2 is 1.67 bits per heavy atom. The van der Waals surface area contributed by atoms with Crippen molar-refractivity contribution in [2.45, 2.75) is 32.7 Å². The zero-order valence-corrected chi connectivity index (χ0v) is 14.8. The summed E-state index contributed by atoms with van der Waals surface area (Å²) in [5, 5.41) is 3.50. The van der Waals surface area contributed by atoms with Crippen molar-refractivity contribution in [1.29, 1.82) is 0 Å². The fourth-order valence-corrected chi connectivity index (χ4v) is 3.21. The van der Waals surface area contributed by atoms with Gasteiger partial charge in [0.15, 0.2) is 0 Å². The molecule has 1 atom stereocenters. The zero-order valence-electron chi connectivity index (χ0n) is 12.7. The van der Waals surface area contributed by atoms with E-state index in [1.54, 1.807) is 6.07 Å². The van der Waals surface area contributed by atoms with Crippen LogP contribution in [0.15, 0.2) is 42.5 Å². The number of nitrogens with one attached hydrogen (secondary N) is 1. The van der Waals surface area contributed by atoms with Gasteiger partial charge in [-0.05, 0) is 63.9 Å². The Morgan fingerprint density at radius 1 is 1.05 bits per heavy atom. The first-order valence-corrected chi connectivity index (χ1v) is 8.39. The van der Waals surface area contributed by atoms with Gasteiger partial charge in [-0.2, -0.15) is 0 Å². The molecule has 1 nitrogen and oxygen atoms in total. The Bertz CT molecular complexity index is 593. The van der Waals surface area contributed by atoms with Gasteiger partial charge >= 0.3 is 0 Å². The van der Waals surface area contributed by atoms with Crippen LogP contribution in [0.25, 0.3) is 0 Å². The Balaban J connectivity index is 2.38. The summed E-state index contributed by atoms with van der Waals surface area (Å²) in [5.41, 5.74) is 3.67. The van der Waals surface area contributed by atoms with E-state index < -0.39 is 0 Å². The monoisotopic (exact) mass is 397 g/mol. The number of benzene rings is 2. The molecule has 0 heterocycles. The van der Waals surface area contributed by atoms with Crippen LogP contribution < -0.4 is 5.32 Å². The highest BCUT2D eigenvalue weighted by atomic mass is 127. The number of halogens is 2. The maximum absolute atomic E-state index is 13.3. The first-order valence-electron chi connectivity index (χ1n) is 7.31. The third-order valence-electron chi connectivity index (χ3n) is 3.62. The zero-order chi connectivity index (χ0) is 15.4. The van der Waals surface area contributed by atoms with E-state index in [1.165, 1.54) is 17.2 Å². The minimum Gasteiger partial charge on any atom is -0.306 e. The smallest absolute Gasteiger partial charge is 0.124 e. The highest BCUT2D eigenvalue weighted by Crippen LogP contribution is 2.28. The van der Waals surface area contributed by atoms with Crippen molar-refractivity contribution in [3.63, 3.8) is 0 Å². The molecule has 0 saturated heterocycles. The average Bonchev–Trinajstić information content (AvgIpc) is 2.46. The van der Waals surface area contributed by atoms with Crippen molar-refractivity contribution >= 4 is 22.6 Å². The second-order valence-electron chi connectivity index (χ2n) is 5.48. The van der Waals surface area contributed by atoms with Crippen LogP contribution in [0, 0.1) is 9.39 Å². The van der Waals surface area contributed by atoms with Gasteiger partial charge < -0.3 is 5.32 Å². The summed E-state index contributed by atoms with van der Waals surface area (Å²) < 4.78 is 14.3. The molecule has 2 aromatic rings. The molecule has 21 heavy (non-hydrogen) atoms. The molecule has 1 unspecified atom stereocenters. The molecule has 0 aliphatic rings. The van der Waals surface area contributed by atoms with Crippen LogP contribution >= 0.6 is 22.6 Å². The maximum atomic E-state index is 13.3. The molecule has 0 aliphatic carbocycles. The van der Waals surface area contributed by atoms with Crippen LogP contribution in [0.4, 0.5) is 4.39 Å². The SMILES string of the molecule is CCNC(c1ccc(C(C)C)cc1)c1ccc(F)cc1I. The van der Waals surface area contributed by atoms with Crippen molar-refractivity contribution in [2.24, 2.45) is 0 Å². The van der Waals surface area contributed by atoms with Gasteiger partial charge in [-0.15, -0.1) is 0 Å². The van der Waals surface area contributed by atoms with Crippen molar-refractivity contribution in [1.82, 2.24) is 5.32 Å². The highest BCUT2D eigenvalue weighted by Gasteiger charge is 2.16. The lowest BCUT2D eigenvalue weighted by molar-refractivity contribution is 0.610. The summed E-state index contributed by atoms with van der Waals surface area (Å²) in [7, 11) is 0. The van der Waals surface area contributed by atoms with Gasteiger partial charge in [-0.25, -0.2) is 4.39 Å². The van der Waals surface area contributed by atoms with Gasteiger partial charge in [0, 0.05) is 3.57 Å². The fraction of sp³-hybridized carbons (Fsp3) is 0.333. The molecule has 0 radical (unpaired) electrons. The molecule has 0 bridgehead atoms. The normalized spacial score (nSPS) is 12.7. The molecule has 0 aliphatic heterocycles. The van der Waals surface area contributed by atoms with Gasteiger partial charge in [-0.1, -0.05) is 51.1 Å². The van der Waals surface area contributed by atoms with Crippen molar-refractivity contribution < 1.29 is 4.39 Å². The van der Waals surface area contributed by atoms with Gasteiger partial charge in [0.05, 0.1) is 6.04 Å². The standard InChI is InChI=1S/C18H21FIN/c1-4-21-18(16-10-9-15(19)11-17(16)20)14-7-5-13(6-8-14)12(2)3/h5-12,18,21H,4H2,1-3H3. The fourth-order valence-electron chi connectivity index (χ4n) is 2.42. The van der Waals surface area contributed by atoms with Crippen molar-refractivity contribution in [2.75, 3.05) is 6.54 Å². The first-order chi connectivity index (χ1) is 10.0. The molecule has 2 rings (SSSR count). The predicted molar refractivity (Wildman–Crippen MR) is 95.2 cm³/mol.